The van der Waals surface area contributed by atoms with E-state index in [1.165, 1.54) is 0 Å². The molecule has 1 fully saturated rings. The van der Waals surface area contributed by atoms with E-state index in [4.69, 9.17) is 5.73 Å². The van der Waals surface area contributed by atoms with Gasteiger partial charge in [0.05, 0.1) is 11.1 Å². The number of halogens is 1. The third kappa shape index (κ3) is 2.80. The number of benzene rings is 1. The Morgan fingerprint density at radius 3 is 2.59 bits per heavy atom. The van der Waals surface area contributed by atoms with Crippen molar-refractivity contribution < 1.29 is 4.79 Å². The largest absolute Gasteiger partial charge is 0.345 e. The van der Waals surface area contributed by atoms with Crippen LogP contribution in [0.4, 0.5) is 0 Å². The standard InChI is InChI=1S/C13H17IN2O/c14-11-6-2-1-5-10(11)12(17)16-13(9-15)7-3-4-8-13/h1-2,5-6H,3-4,7-9,15H2,(H,16,17). The summed E-state index contributed by atoms with van der Waals surface area (Å²) in [6, 6.07) is 7.63. The Bertz CT molecular complexity index is 414. The molecule has 0 aliphatic heterocycles. The van der Waals surface area contributed by atoms with Crippen LogP contribution in [0.15, 0.2) is 24.3 Å². The molecule has 0 bridgehead atoms. The maximum absolute atomic E-state index is 12.2. The number of carbonyl (C=O) groups excluding carboxylic acids is 1. The highest BCUT2D eigenvalue weighted by molar-refractivity contribution is 14.1. The normalized spacial score (nSPS) is 18.0. The number of amides is 1. The maximum atomic E-state index is 12.2. The van der Waals surface area contributed by atoms with Gasteiger partial charge in [-0.15, -0.1) is 0 Å². The van der Waals surface area contributed by atoms with E-state index in [1.807, 2.05) is 24.3 Å². The molecule has 2 rings (SSSR count). The molecule has 0 saturated heterocycles. The number of rotatable bonds is 3. The molecule has 1 aromatic carbocycles. The zero-order chi connectivity index (χ0) is 12.3. The van der Waals surface area contributed by atoms with E-state index in [1.54, 1.807) is 0 Å². The van der Waals surface area contributed by atoms with E-state index < -0.39 is 0 Å². The molecule has 0 unspecified atom stereocenters. The zero-order valence-electron chi connectivity index (χ0n) is 9.71. The van der Waals surface area contributed by atoms with E-state index in [0.29, 0.717) is 6.54 Å². The molecule has 1 aliphatic rings. The van der Waals surface area contributed by atoms with Gasteiger partial charge in [-0.25, -0.2) is 0 Å². The van der Waals surface area contributed by atoms with Gasteiger partial charge >= 0.3 is 0 Å². The van der Waals surface area contributed by atoms with E-state index in [0.717, 1.165) is 34.8 Å². The first-order chi connectivity index (χ1) is 8.17. The van der Waals surface area contributed by atoms with E-state index in [-0.39, 0.29) is 11.4 Å². The topological polar surface area (TPSA) is 55.1 Å². The lowest BCUT2D eigenvalue weighted by Gasteiger charge is -2.28. The van der Waals surface area contributed by atoms with Crippen LogP contribution < -0.4 is 11.1 Å². The van der Waals surface area contributed by atoms with Gasteiger partial charge in [0, 0.05) is 10.1 Å². The molecule has 1 amide bonds. The second-order valence-corrected chi connectivity index (χ2v) is 5.79. The highest BCUT2D eigenvalue weighted by atomic mass is 127. The number of hydrogen-bond donors (Lipinski definition) is 2. The first-order valence-corrected chi connectivity index (χ1v) is 7.02. The highest BCUT2D eigenvalue weighted by Crippen LogP contribution is 2.29. The van der Waals surface area contributed by atoms with E-state index in [9.17, 15) is 4.79 Å². The van der Waals surface area contributed by atoms with Crippen molar-refractivity contribution in [2.45, 2.75) is 31.2 Å². The number of carbonyl (C=O) groups is 1. The van der Waals surface area contributed by atoms with Gasteiger partial charge in [0.2, 0.25) is 0 Å². The third-order valence-electron chi connectivity index (χ3n) is 3.45. The first kappa shape index (κ1) is 12.8. The second-order valence-electron chi connectivity index (χ2n) is 4.63. The molecule has 0 heterocycles. The van der Waals surface area contributed by atoms with Crippen LogP contribution in [-0.4, -0.2) is 18.0 Å². The van der Waals surface area contributed by atoms with Crippen LogP contribution in [0, 0.1) is 3.57 Å². The predicted octanol–water partition coefficient (Wildman–Crippen LogP) is 2.29. The van der Waals surface area contributed by atoms with Crippen molar-refractivity contribution in [3.63, 3.8) is 0 Å². The number of nitrogens with two attached hydrogens (primary N) is 1. The van der Waals surface area contributed by atoms with Crippen molar-refractivity contribution >= 4 is 28.5 Å². The molecule has 3 nitrogen and oxygen atoms in total. The fourth-order valence-electron chi connectivity index (χ4n) is 2.39. The summed E-state index contributed by atoms with van der Waals surface area (Å²) in [6.45, 7) is 0.530. The summed E-state index contributed by atoms with van der Waals surface area (Å²) in [4.78, 5) is 12.2. The molecule has 0 atom stereocenters. The lowest BCUT2D eigenvalue weighted by molar-refractivity contribution is 0.0902. The number of hydrogen-bond acceptors (Lipinski definition) is 2. The molecule has 1 aliphatic carbocycles. The second kappa shape index (κ2) is 5.35. The van der Waals surface area contributed by atoms with Crippen LogP contribution in [0.3, 0.4) is 0 Å². The summed E-state index contributed by atoms with van der Waals surface area (Å²) in [7, 11) is 0. The van der Waals surface area contributed by atoms with Gasteiger partial charge in [-0.1, -0.05) is 25.0 Å². The molecule has 0 spiro atoms. The van der Waals surface area contributed by atoms with Gasteiger partial charge in [-0.3, -0.25) is 4.79 Å². The molecule has 1 aromatic rings. The van der Waals surface area contributed by atoms with Crippen LogP contribution in [-0.2, 0) is 0 Å². The van der Waals surface area contributed by atoms with Gasteiger partial charge in [0.15, 0.2) is 0 Å². The molecule has 4 heteroatoms. The Morgan fingerprint density at radius 1 is 1.35 bits per heavy atom. The summed E-state index contributed by atoms with van der Waals surface area (Å²) in [5.41, 5.74) is 6.39. The Labute approximate surface area is 115 Å². The van der Waals surface area contributed by atoms with E-state index >= 15 is 0 Å². The fourth-order valence-corrected chi connectivity index (χ4v) is 3.02. The molecule has 3 N–H and O–H groups in total. The summed E-state index contributed by atoms with van der Waals surface area (Å²) >= 11 is 2.19. The Hall–Kier alpha value is -0.620. The van der Waals surface area contributed by atoms with Crippen molar-refractivity contribution in [1.29, 1.82) is 0 Å². The molecule has 92 valence electrons. The van der Waals surface area contributed by atoms with Gasteiger partial charge in [0.25, 0.3) is 5.91 Å². The quantitative estimate of drug-likeness (QED) is 0.827. The average Bonchev–Trinajstić information content (AvgIpc) is 2.79. The molecule has 17 heavy (non-hydrogen) atoms. The first-order valence-electron chi connectivity index (χ1n) is 5.94. The molecule has 0 aromatic heterocycles. The molecule has 1 saturated carbocycles. The van der Waals surface area contributed by atoms with Gasteiger partial charge < -0.3 is 11.1 Å². The predicted molar refractivity (Wildman–Crippen MR) is 76.9 cm³/mol. The summed E-state index contributed by atoms with van der Waals surface area (Å²) < 4.78 is 0.979. The lowest BCUT2D eigenvalue weighted by atomic mass is 9.97. The van der Waals surface area contributed by atoms with Crippen molar-refractivity contribution in [2.24, 2.45) is 5.73 Å². The molecule has 0 radical (unpaired) electrons. The third-order valence-corrected chi connectivity index (χ3v) is 4.39. The molecular weight excluding hydrogens is 327 g/mol. The van der Waals surface area contributed by atoms with Gasteiger partial charge in [-0.2, -0.15) is 0 Å². The molecular formula is C13H17IN2O. The minimum absolute atomic E-state index is 0.00218. The van der Waals surface area contributed by atoms with Crippen molar-refractivity contribution in [1.82, 2.24) is 5.32 Å². The Balaban J connectivity index is 2.14. The van der Waals surface area contributed by atoms with Crippen molar-refractivity contribution in [3.8, 4) is 0 Å². The lowest BCUT2D eigenvalue weighted by Crippen LogP contribution is -2.51. The summed E-state index contributed by atoms with van der Waals surface area (Å²) in [6.07, 6.45) is 4.31. The zero-order valence-corrected chi connectivity index (χ0v) is 11.9. The summed E-state index contributed by atoms with van der Waals surface area (Å²) in [5, 5.41) is 3.13. The minimum atomic E-state index is -0.171. The van der Waals surface area contributed by atoms with Crippen LogP contribution in [0.5, 0.6) is 0 Å². The van der Waals surface area contributed by atoms with Crippen LogP contribution in [0.2, 0.25) is 0 Å². The maximum Gasteiger partial charge on any atom is 0.252 e. The fraction of sp³-hybridized carbons (Fsp3) is 0.462. The van der Waals surface area contributed by atoms with Crippen molar-refractivity contribution in [3.05, 3.63) is 33.4 Å². The van der Waals surface area contributed by atoms with Crippen LogP contribution >= 0.6 is 22.6 Å². The van der Waals surface area contributed by atoms with Crippen LogP contribution in [0.1, 0.15) is 36.0 Å². The van der Waals surface area contributed by atoms with Gasteiger partial charge in [-0.05, 0) is 47.6 Å². The SMILES string of the molecule is NCC1(NC(=O)c2ccccc2I)CCCC1. The van der Waals surface area contributed by atoms with Crippen molar-refractivity contribution in [2.75, 3.05) is 6.54 Å². The Kier molecular flexibility index (Phi) is 4.04. The monoisotopic (exact) mass is 344 g/mol. The minimum Gasteiger partial charge on any atom is -0.345 e. The van der Waals surface area contributed by atoms with E-state index in [2.05, 4.69) is 27.9 Å². The Morgan fingerprint density at radius 2 is 2.00 bits per heavy atom. The average molecular weight is 344 g/mol. The number of nitrogens with one attached hydrogen (secondary N) is 1. The van der Waals surface area contributed by atoms with Gasteiger partial charge in [0.1, 0.15) is 0 Å². The summed E-state index contributed by atoms with van der Waals surface area (Å²) in [5.74, 6) is 0.00218. The smallest absolute Gasteiger partial charge is 0.252 e. The van der Waals surface area contributed by atoms with Crippen LogP contribution in [0.25, 0.3) is 0 Å². The highest BCUT2D eigenvalue weighted by Gasteiger charge is 2.34.